The summed E-state index contributed by atoms with van der Waals surface area (Å²) in [5, 5.41) is 3.87. The molecule has 0 radical (unpaired) electrons. The predicted octanol–water partition coefficient (Wildman–Crippen LogP) is 3.52. The molecule has 2 aliphatic rings. The lowest BCUT2D eigenvalue weighted by Crippen LogP contribution is -2.43. The summed E-state index contributed by atoms with van der Waals surface area (Å²) in [5.74, 6) is 0.537. The third kappa shape index (κ3) is 4.52. The van der Waals surface area contributed by atoms with Crippen LogP contribution in [0.5, 0.6) is 0 Å². The average molecular weight is 348 g/mol. The molecule has 0 unspecified atom stereocenters. The number of nitrogens with zero attached hydrogens (tertiary/aromatic N) is 2. The second kappa shape index (κ2) is 8.04. The fourth-order valence-electron chi connectivity index (χ4n) is 3.32. The van der Waals surface area contributed by atoms with Gasteiger partial charge >= 0.3 is 6.03 Å². The number of halogens is 1. The summed E-state index contributed by atoms with van der Waals surface area (Å²) >= 11 is 6.25. The van der Waals surface area contributed by atoms with Crippen molar-refractivity contribution in [2.45, 2.75) is 31.8 Å². The number of nitrogens with one attached hydrogen (secondary N) is 1. The van der Waals surface area contributed by atoms with Gasteiger partial charge in [0.1, 0.15) is 0 Å². The lowest BCUT2D eigenvalue weighted by Gasteiger charge is -2.24. The second-order valence-corrected chi connectivity index (χ2v) is 7.25. The van der Waals surface area contributed by atoms with Crippen LogP contribution < -0.4 is 5.32 Å². The highest BCUT2D eigenvalue weighted by Gasteiger charge is 2.33. The van der Waals surface area contributed by atoms with E-state index in [1.54, 1.807) is 0 Å². The van der Waals surface area contributed by atoms with Crippen molar-refractivity contribution in [1.82, 2.24) is 15.1 Å². The first-order valence-electron chi connectivity index (χ1n) is 8.78. The topological polar surface area (TPSA) is 35.6 Å². The highest BCUT2D eigenvalue weighted by atomic mass is 35.5. The Balaban J connectivity index is 1.52. The number of hydrogen-bond donors (Lipinski definition) is 1. The van der Waals surface area contributed by atoms with Crippen LogP contribution in [0.2, 0.25) is 5.02 Å². The molecular formula is C19H26ClN3O. The van der Waals surface area contributed by atoms with Crippen LogP contribution in [0.1, 0.15) is 24.8 Å². The number of rotatable bonds is 7. The number of carbonyl (C=O) groups is 1. The Morgan fingerprint density at radius 2 is 2.17 bits per heavy atom. The molecule has 1 aliphatic heterocycles. The summed E-state index contributed by atoms with van der Waals surface area (Å²) in [7, 11) is 0. The Bertz CT molecular complexity index is 588. The van der Waals surface area contributed by atoms with Crippen LogP contribution in [0.15, 0.2) is 36.9 Å². The molecule has 0 aromatic heterocycles. The Kier molecular flexibility index (Phi) is 5.80. The van der Waals surface area contributed by atoms with Gasteiger partial charge in [-0.25, -0.2) is 4.79 Å². The molecule has 1 aromatic rings. The lowest BCUT2D eigenvalue weighted by molar-refractivity contribution is 0.190. The SMILES string of the molecule is C=CCN1CC[C@@H](CNC(=O)N(Cc2ccccc2Cl)C2CC2)C1. The van der Waals surface area contributed by atoms with Crippen LogP contribution >= 0.6 is 11.6 Å². The van der Waals surface area contributed by atoms with Crippen molar-refractivity contribution in [3.05, 3.63) is 47.5 Å². The van der Waals surface area contributed by atoms with Gasteiger partial charge in [0.2, 0.25) is 0 Å². The zero-order chi connectivity index (χ0) is 16.9. The van der Waals surface area contributed by atoms with Gasteiger partial charge in [0, 0.05) is 37.2 Å². The summed E-state index contributed by atoms with van der Waals surface area (Å²) in [6.07, 6.45) is 5.27. The van der Waals surface area contributed by atoms with E-state index in [0.29, 0.717) is 18.5 Å². The third-order valence-corrected chi connectivity index (χ3v) is 5.21. The minimum atomic E-state index is 0.0413. The molecule has 0 bridgehead atoms. The molecule has 1 atom stereocenters. The maximum absolute atomic E-state index is 12.6. The number of likely N-dealkylation sites (tertiary alicyclic amines) is 1. The van der Waals surface area contributed by atoms with Crippen molar-refractivity contribution in [3.63, 3.8) is 0 Å². The molecule has 1 aliphatic carbocycles. The first kappa shape index (κ1) is 17.3. The maximum atomic E-state index is 12.6. The fraction of sp³-hybridized carbons (Fsp3) is 0.526. The van der Waals surface area contributed by atoms with Gasteiger partial charge in [0.05, 0.1) is 0 Å². The normalized spacial score (nSPS) is 20.8. The van der Waals surface area contributed by atoms with Crippen LogP contribution in [0, 0.1) is 5.92 Å². The minimum Gasteiger partial charge on any atom is -0.338 e. The van der Waals surface area contributed by atoms with E-state index in [2.05, 4.69) is 16.8 Å². The van der Waals surface area contributed by atoms with Crippen LogP contribution in [-0.2, 0) is 6.54 Å². The van der Waals surface area contributed by atoms with Crippen molar-refractivity contribution in [2.75, 3.05) is 26.2 Å². The molecule has 0 spiro atoms. The van der Waals surface area contributed by atoms with Crippen LogP contribution in [0.25, 0.3) is 0 Å². The molecule has 1 N–H and O–H groups in total. The highest BCUT2D eigenvalue weighted by molar-refractivity contribution is 6.31. The molecule has 1 heterocycles. The van der Waals surface area contributed by atoms with Gasteiger partial charge in [0.25, 0.3) is 0 Å². The van der Waals surface area contributed by atoms with Crippen LogP contribution in [0.4, 0.5) is 4.79 Å². The first-order chi connectivity index (χ1) is 11.7. The Labute approximate surface area is 149 Å². The molecule has 2 fully saturated rings. The number of carbonyl (C=O) groups excluding carboxylic acids is 1. The van der Waals surface area contributed by atoms with E-state index < -0.39 is 0 Å². The number of benzene rings is 1. The zero-order valence-corrected chi connectivity index (χ0v) is 14.8. The standard InChI is InChI=1S/C19H26ClN3O/c1-2-10-22-11-9-15(13-22)12-21-19(24)23(17-7-8-17)14-16-5-3-4-6-18(16)20/h2-6,15,17H,1,7-14H2,(H,21,24)/t15-/m0/s1. The van der Waals surface area contributed by atoms with Gasteiger partial charge in [-0.05, 0) is 43.4 Å². The minimum absolute atomic E-state index is 0.0413. The van der Waals surface area contributed by atoms with Gasteiger partial charge in [0.15, 0.2) is 0 Å². The van der Waals surface area contributed by atoms with Crippen molar-refractivity contribution >= 4 is 17.6 Å². The van der Waals surface area contributed by atoms with Crippen LogP contribution in [0.3, 0.4) is 0 Å². The summed E-state index contributed by atoms with van der Waals surface area (Å²) < 4.78 is 0. The molecule has 4 nitrogen and oxygen atoms in total. The lowest BCUT2D eigenvalue weighted by atomic mass is 10.1. The van der Waals surface area contributed by atoms with E-state index in [1.165, 1.54) is 0 Å². The molecule has 24 heavy (non-hydrogen) atoms. The molecule has 1 saturated carbocycles. The molecule has 1 aromatic carbocycles. The summed E-state index contributed by atoms with van der Waals surface area (Å²) in [5.41, 5.74) is 1.01. The molecule has 3 rings (SSSR count). The van der Waals surface area contributed by atoms with Gasteiger partial charge in [-0.15, -0.1) is 6.58 Å². The molecular weight excluding hydrogens is 322 g/mol. The van der Waals surface area contributed by atoms with E-state index in [4.69, 9.17) is 11.6 Å². The van der Waals surface area contributed by atoms with Crippen molar-refractivity contribution < 1.29 is 4.79 Å². The maximum Gasteiger partial charge on any atom is 0.317 e. The van der Waals surface area contributed by atoms with E-state index in [0.717, 1.165) is 56.0 Å². The molecule has 130 valence electrons. The van der Waals surface area contributed by atoms with Crippen LogP contribution in [-0.4, -0.2) is 48.1 Å². The summed E-state index contributed by atoms with van der Waals surface area (Å²) in [6.45, 7) is 8.20. The molecule has 1 saturated heterocycles. The highest BCUT2D eigenvalue weighted by Crippen LogP contribution is 2.30. The first-order valence-corrected chi connectivity index (χ1v) is 9.16. The van der Waals surface area contributed by atoms with Crippen molar-refractivity contribution in [3.8, 4) is 0 Å². The van der Waals surface area contributed by atoms with Crippen molar-refractivity contribution in [2.24, 2.45) is 5.92 Å². The van der Waals surface area contributed by atoms with E-state index in [-0.39, 0.29) is 6.03 Å². The Hall–Kier alpha value is -1.52. The predicted molar refractivity (Wildman–Crippen MR) is 98.2 cm³/mol. The Morgan fingerprint density at radius 1 is 1.38 bits per heavy atom. The third-order valence-electron chi connectivity index (χ3n) is 4.85. The van der Waals surface area contributed by atoms with Gasteiger partial charge < -0.3 is 10.2 Å². The average Bonchev–Trinajstić information content (AvgIpc) is 3.32. The second-order valence-electron chi connectivity index (χ2n) is 6.84. The largest absolute Gasteiger partial charge is 0.338 e. The Morgan fingerprint density at radius 3 is 2.88 bits per heavy atom. The molecule has 5 heteroatoms. The fourth-order valence-corrected chi connectivity index (χ4v) is 3.52. The number of amides is 2. The van der Waals surface area contributed by atoms with Crippen molar-refractivity contribution in [1.29, 1.82) is 0 Å². The quantitative estimate of drug-likeness (QED) is 0.766. The van der Waals surface area contributed by atoms with Gasteiger partial charge in [-0.2, -0.15) is 0 Å². The van der Waals surface area contributed by atoms with Gasteiger partial charge in [-0.1, -0.05) is 35.9 Å². The number of urea groups is 1. The van der Waals surface area contributed by atoms with Gasteiger partial charge in [-0.3, -0.25) is 4.90 Å². The monoisotopic (exact) mass is 347 g/mol. The smallest absolute Gasteiger partial charge is 0.317 e. The van der Waals surface area contributed by atoms with E-state index in [1.807, 2.05) is 35.2 Å². The summed E-state index contributed by atoms with van der Waals surface area (Å²) in [6, 6.07) is 8.17. The molecule has 2 amide bonds. The zero-order valence-electron chi connectivity index (χ0n) is 14.1. The van der Waals surface area contributed by atoms with E-state index in [9.17, 15) is 4.79 Å². The van der Waals surface area contributed by atoms with E-state index >= 15 is 0 Å². The summed E-state index contributed by atoms with van der Waals surface area (Å²) in [4.78, 5) is 17.0. The number of hydrogen-bond acceptors (Lipinski definition) is 2.